The monoisotopic (exact) mass is 666 g/mol. The van der Waals surface area contributed by atoms with E-state index in [4.69, 9.17) is 9.97 Å². The first-order valence-corrected chi connectivity index (χ1v) is 17.8. The summed E-state index contributed by atoms with van der Waals surface area (Å²) in [5, 5.41) is 2.49. The van der Waals surface area contributed by atoms with E-state index >= 15 is 0 Å². The normalized spacial score (nSPS) is 13.0. The molecule has 0 unspecified atom stereocenters. The average Bonchev–Trinajstić information content (AvgIpc) is 3.66. The molecule has 4 heteroatoms. The smallest absolute Gasteiger partial charge is 0.160 e. The highest BCUT2D eigenvalue weighted by atomic mass is 15.0. The van der Waals surface area contributed by atoms with Gasteiger partial charge in [-0.15, -0.1) is 0 Å². The first kappa shape index (κ1) is 30.2. The van der Waals surface area contributed by atoms with Gasteiger partial charge in [-0.3, -0.25) is 4.98 Å². The summed E-state index contributed by atoms with van der Waals surface area (Å²) in [4.78, 5) is 14.9. The molecule has 0 spiro atoms. The summed E-state index contributed by atoms with van der Waals surface area (Å²) >= 11 is 0. The van der Waals surface area contributed by atoms with Crippen molar-refractivity contribution in [1.82, 2.24) is 19.5 Å². The molecular formula is C48H34N4. The number of para-hydroxylation sites is 2. The molecule has 1 aliphatic carbocycles. The molecule has 0 atom stereocenters. The number of hydrogen-bond acceptors (Lipinski definition) is 3. The summed E-state index contributed by atoms with van der Waals surface area (Å²) in [7, 11) is 0. The molecule has 4 nitrogen and oxygen atoms in total. The number of pyridine rings is 1. The second-order valence-electron chi connectivity index (χ2n) is 14.1. The van der Waals surface area contributed by atoms with Gasteiger partial charge in [0.05, 0.1) is 22.4 Å². The lowest BCUT2D eigenvalue weighted by Gasteiger charge is -2.24. The van der Waals surface area contributed by atoms with Gasteiger partial charge in [-0.05, 0) is 64.2 Å². The van der Waals surface area contributed by atoms with E-state index in [9.17, 15) is 0 Å². The van der Waals surface area contributed by atoms with E-state index in [1.54, 1.807) is 6.20 Å². The highest BCUT2D eigenvalue weighted by Crippen LogP contribution is 2.51. The van der Waals surface area contributed by atoms with Crippen molar-refractivity contribution in [2.75, 3.05) is 0 Å². The van der Waals surface area contributed by atoms with Crippen LogP contribution in [0.4, 0.5) is 0 Å². The van der Waals surface area contributed by atoms with Crippen molar-refractivity contribution in [2.24, 2.45) is 0 Å². The molecule has 0 radical (unpaired) electrons. The number of aromatic nitrogens is 4. The Morgan fingerprint density at radius 3 is 1.90 bits per heavy atom. The summed E-state index contributed by atoms with van der Waals surface area (Å²) in [5.41, 5.74) is 15.6. The van der Waals surface area contributed by atoms with Crippen molar-refractivity contribution in [2.45, 2.75) is 19.3 Å². The fraction of sp³-hybridized carbons (Fsp3) is 0.0625. The van der Waals surface area contributed by atoms with Gasteiger partial charge >= 0.3 is 0 Å². The van der Waals surface area contributed by atoms with Gasteiger partial charge in [0.1, 0.15) is 0 Å². The first-order valence-electron chi connectivity index (χ1n) is 17.8. The molecule has 10 rings (SSSR count). The number of benzene rings is 6. The van der Waals surface area contributed by atoms with Crippen LogP contribution in [-0.2, 0) is 5.41 Å². The van der Waals surface area contributed by atoms with Crippen LogP contribution in [0.2, 0.25) is 0 Å². The second kappa shape index (κ2) is 11.7. The molecule has 0 N–H and O–H groups in total. The number of hydrogen-bond donors (Lipinski definition) is 0. The molecule has 6 aromatic carbocycles. The molecule has 0 saturated carbocycles. The molecule has 0 amide bonds. The number of rotatable bonds is 5. The second-order valence-corrected chi connectivity index (χ2v) is 14.1. The van der Waals surface area contributed by atoms with Gasteiger partial charge in [-0.25, -0.2) is 9.97 Å². The van der Waals surface area contributed by atoms with Gasteiger partial charge in [0.2, 0.25) is 0 Å². The largest absolute Gasteiger partial charge is 0.309 e. The van der Waals surface area contributed by atoms with Crippen LogP contribution in [0.3, 0.4) is 0 Å². The Hall–Kier alpha value is -6.65. The maximum atomic E-state index is 5.35. The third kappa shape index (κ3) is 4.72. The molecule has 246 valence electrons. The molecule has 52 heavy (non-hydrogen) atoms. The summed E-state index contributed by atoms with van der Waals surface area (Å²) in [6, 6.07) is 56.2. The van der Waals surface area contributed by atoms with E-state index in [2.05, 4.69) is 175 Å². The van der Waals surface area contributed by atoms with Gasteiger partial charge in [0.25, 0.3) is 0 Å². The lowest BCUT2D eigenvalue weighted by Crippen LogP contribution is -2.17. The van der Waals surface area contributed by atoms with Crippen LogP contribution in [0, 0.1) is 0 Å². The van der Waals surface area contributed by atoms with Crippen LogP contribution in [0.1, 0.15) is 25.0 Å². The minimum atomic E-state index is -0.249. The number of fused-ring (bicyclic) bond motifs is 6. The third-order valence-electron chi connectivity index (χ3n) is 10.7. The van der Waals surface area contributed by atoms with Crippen LogP contribution in [-0.4, -0.2) is 19.5 Å². The van der Waals surface area contributed by atoms with Crippen molar-refractivity contribution in [3.63, 3.8) is 0 Å². The van der Waals surface area contributed by atoms with Crippen molar-refractivity contribution < 1.29 is 0 Å². The van der Waals surface area contributed by atoms with E-state index in [0.29, 0.717) is 0 Å². The van der Waals surface area contributed by atoms with Crippen molar-refractivity contribution in [1.29, 1.82) is 0 Å². The minimum absolute atomic E-state index is 0.249. The summed E-state index contributed by atoms with van der Waals surface area (Å²) in [6.45, 7) is 4.59. The molecule has 0 fully saturated rings. The van der Waals surface area contributed by atoms with Crippen LogP contribution in [0.15, 0.2) is 170 Å². The average molecular weight is 667 g/mol. The molecule has 0 saturated heterocycles. The highest BCUT2D eigenvalue weighted by molar-refractivity contribution is 6.10. The molecular weight excluding hydrogens is 633 g/mol. The van der Waals surface area contributed by atoms with Gasteiger partial charge in [-0.2, -0.15) is 0 Å². The summed E-state index contributed by atoms with van der Waals surface area (Å²) < 4.78 is 2.36. The lowest BCUT2D eigenvalue weighted by atomic mass is 9.80. The third-order valence-corrected chi connectivity index (χ3v) is 10.7. The SMILES string of the molecule is CC1(C)c2ccccc2-c2nc(-c3ccc(-c4cccnc4)cc3)nc(-c3ccc(-c4ccc5c(c4)c4ccccc4n5-c4ccccc4)cc3)c21. The summed E-state index contributed by atoms with van der Waals surface area (Å²) in [6.07, 6.45) is 3.69. The first-order chi connectivity index (χ1) is 25.5. The van der Waals surface area contributed by atoms with E-state index in [1.807, 2.05) is 12.3 Å². The van der Waals surface area contributed by atoms with Crippen LogP contribution in [0.25, 0.3) is 83.6 Å². The Labute approximate surface area is 302 Å². The van der Waals surface area contributed by atoms with Crippen LogP contribution < -0.4 is 0 Å². The van der Waals surface area contributed by atoms with Gasteiger partial charge in [0.15, 0.2) is 5.82 Å². The van der Waals surface area contributed by atoms with E-state index in [-0.39, 0.29) is 5.41 Å². The number of nitrogens with zero attached hydrogens (tertiary/aromatic N) is 4. The maximum Gasteiger partial charge on any atom is 0.160 e. The Bertz CT molecular complexity index is 2780. The quantitative estimate of drug-likeness (QED) is 0.184. The zero-order chi connectivity index (χ0) is 34.8. The Balaban J connectivity index is 1.08. The molecule has 3 aromatic heterocycles. The van der Waals surface area contributed by atoms with E-state index < -0.39 is 0 Å². The Kier molecular flexibility index (Phi) is 6.80. The predicted octanol–water partition coefficient (Wildman–Crippen LogP) is 11.9. The lowest BCUT2D eigenvalue weighted by molar-refractivity contribution is 0.658. The van der Waals surface area contributed by atoms with Gasteiger partial charge in [-0.1, -0.05) is 135 Å². The van der Waals surface area contributed by atoms with Crippen LogP contribution in [0.5, 0.6) is 0 Å². The standard InChI is InChI=1S/C48H34N4/c1-48(2)41-16-8-6-15-39(41)46-44(48)45(50-47(51-46)34-24-20-32(21-25-34)36-11-10-28-49-30-36)33-22-18-31(19-23-33)35-26-27-43-40(29-35)38-14-7-9-17-42(38)52(43)37-12-4-3-5-13-37/h3-30H,1-2H3. The molecule has 0 aliphatic heterocycles. The minimum Gasteiger partial charge on any atom is -0.309 e. The Morgan fingerprint density at radius 1 is 0.481 bits per heavy atom. The van der Waals surface area contributed by atoms with Gasteiger partial charge in [0, 0.05) is 56.5 Å². The predicted molar refractivity (Wildman–Crippen MR) is 213 cm³/mol. The zero-order valence-corrected chi connectivity index (χ0v) is 29.0. The highest BCUT2D eigenvalue weighted by Gasteiger charge is 2.40. The zero-order valence-electron chi connectivity index (χ0n) is 29.0. The molecule has 1 aliphatic rings. The van der Waals surface area contributed by atoms with Crippen molar-refractivity contribution >= 4 is 21.8 Å². The molecule has 3 heterocycles. The maximum absolute atomic E-state index is 5.35. The topological polar surface area (TPSA) is 43.6 Å². The summed E-state index contributed by atoms with van der Waals surface area (Å²) in [5.74, 6) is 0.725. The molecule has 0 bridgehead atoms. The fourth-order valence-electron chi connectivity index (χ4n) is 8.13. The Morgan fingerprint density at radius 2 is 1.12 bits per heavy atom. The van der Waals surface area contributed by atoms with Crippen LogP contribution >= 0.6 is 0 Å². The van der Waals surface area contributed by atoms with Crippen molar-refractivity contribution in [3.8, 4) is 61.8 Å². The van der Waals surface area contributed by atoms with Gasteiger partial charge < -0.3 is 4.57 Å². The van der Waals surface area contributed by atoms with Crippen molar-refractivity contribution in [3.05, 3.63) is 181 Å². The van der Waals surface area contributed by atoms with E-state index in [0.717, 1.165) is 45.2 Å². The fourth-order valence-corrected chi connectivity index (χ4v) is 8.13. The molecule has 9 aromatic rings. The van der Waals surface area contributed by atoms with E-state index in [1.165, 1.54) is 49.6 Å².